The van der Waals surface area contributed by atoms with Crippen molar-refractivity contribution in [3.63, 3.8) is 0 Å². The van der Waals surface area contributed by atoms with Crippen LogP contribution in [0.4, 0.5) is 0 Å². The third kappa shape index (κ3) is 2.44. The Hall–Kier alpha value is -1.81. The summed E-state index contributed by atoms with van der Waals surface area (Å²) in [6.45, 7) is 4.00. The summed E-state index contributed by atoms with van der Waals surface area (Å²) in [5, 5.41) is 0. The van der Waals surface area contributed by atoms with Crippen molar-refractivity contribution in [1.82, 2.24) is 14.4 Å². The largest absolute Gasteiger partial charge is 0.374 e. The zero-order valence-electron chi connectivity index (χ0n) is 13.3. The van der Waals surface area contributed by atoms with E-state index >= 15 is 0 Å². The topological polar surface area (TPSA) is 28.5 Å². The van der Waals surface area contributed by atoms with Gasteiger partial charge in [0.2, 0.25) is 0 Å². The van der Waals surface area contributed by atoms with E-state index in [1.807, 2.05) is 13.2 Å². The fraction of sp³-hybridized carbons (Fsp3) is 0.471. The summed E-state index contributed by atoms with van der Waals surface area (Å²) in [4.78, 5) is 16.8. The lowest BCUT2D eigenvalue weighted by atomic mass is 9.91. The number of hydrogen-bond acceptors (Lipinski definition) is 3. The molecule has 3 rings (SSSR count). The average Bonchev–Trinajstić information content (AvgIpc) is 2.46. The van der Waals surface area contributed by atoms with Crippen molar-refractivity contribution >= 4 is 5.57 Å². The van der Waals surface area contributed by atoms with Gasteiger partial charge in [0.15, 0.2) is 0 Å². The maximum Gasteiger partial charge on any atom is 0.253 e. The van der Waals surface area contributed by atoms with Gasteiger partial charge in [-0.3, -0.25) is 4.79 Å². The molecule has 1 aromatic heterocycles. The molecule has 0 spiro atoms. The summed E-state index contributed by atoms with van der Waals surface area (Å²) in [6.07, 6.45) is 9.38. The molecule has 21 heavy (non-hydrogen) atoms. The molecule has 0 N–H and O–H groups in total. The second-order valence-electron chi connectivity index (χ2n) is 6.25. The van der Waals surface area contributed by atoms with Gasteiger partial charge in [0.05, 0.1) is 0 Å². The molecule has 112 valence electrons. The Morgan fingerprint density at radius 3 is 2.67 bits per heavy atom. The molecular weight excluding hydrogens is 262 g/mol. The molecule has 0 aromatic carbocycles. The smallest absolute Gasteiger partial charge is 0.253 e. The first-order valence-electron chi connectivity index (χ1n) is 7.49. The highest BCUT2D eigenvalue weighted by molar-refractivity contribution is 5.77. The highest BCUT2D eigenvalue weighted by atomic mass is 16.1. The zero-order valence-corrected chi connectivity index (χ0v) is 13.3. The minimum absolute atomic E-state index is 0.160. The zero-order chi connectivity index (χ0) is 15.1. The van der Waals surface area contributed by atoms with E-state index in [-0.39, 0.29) is 5.56 Å². The summed E-state index contributed by atoms with van der Waals surface area (Å²) >= 11 is 0. The van der Waals surface area contributed by atoms with Crippen molar-refractivity contribution in [3.8, 4) is 0 Å². The van der Waals surface area contributed by atoms with Crippen LogP contribution in [0, 0.1) is 0 Å². The molecule has 4 heteroatoms. The molecule has 0 bridgehead atoms. The lowest BCUT2D eigenvalue weighted by Crippen LogP contribution is -2.35. The third-order valence-corrected chi connectivity index (χ3v) is 4.63. The van der Waals surface area contributed by atoms with E-state index in [9.17, 15) is 4.79 Å². The van der Waals surface area contributed by atoms with Crippen LogP contribution in [0.3, 0.4) is 0 Å². The minimum Gasteiger partial charge on any atom is -0.374 e. The Labute approximate surface area is 126 Å². The first-order valence-corrected chi connectivity index (χ1v) is 7.49. The first kappa shape index (κ1) is 14.1. The maximum atomic E-state index is 12.4. The number of pyridine rings is 1. The summed E-state index contributed by atoms with van der Waals surface area (Å²) in [7, 11) is 6.05. The van der Waals surface area contributed by atoms with Gasteiger partial charge in [0.1, 0.15) is 0 Å². The van der Waals surface area contributed by atoms with Gasteiger partial charge in [-0.2, -0.15) is 0 Å². The average molecular weight is 285 g/mol. The molecule has 3 heterocycles. The van der Waals surface area contributed by atoms with E-state index in [0.717, 1.165) is 25.1 Å². The number of aromatic nitrogens is 1. The highest BCUT2D eigenvalue weighted by Crippen LogP contribution is 2.28. The van der Waals surface area contributed by atoms with Crippen molar-refractivity contribution in [3.05, 3.63) is 51.6 Å². The van der Waals surface area contributed by atoms with Crippen LogP contribution in [-0.4, -0.2) is 41.0 Å². The van der Waals surface area contributed by atoms with Crippen LogP contribution < -0.4 is 5.56 Å². The van der Waals surface area contributed by atoms with Gasteiger partial charge in [0.25, 0.3) is 5.56 Å². The number of hydrogen-bond donors (Lipinski definition) is 0. The van der Waals surface area contributed by atoms with Crippen LogP contribution in [0.5, 0.6) is 0 Å². The number of likely N-dealkylation sites (N-methyl/N-ethyl adjacent to an activating group) is 2. The molecule has 1 atom stereocenters. The number of rotatable bonds is 1. The van der Waals surface area contributed by atoms with Gasteiger partial charge in [-0.15, -0.1) is 0 Å². The van der Waals surface area contributed by atoms with E-state index in [1.165, 1.54) is 16.7 Å². The number of aryl methyl sites for hydroxylation is 1. The maximum absolute atomic E-state index is 12.4. The van der Waals surface area contributed by atoms with Crippen molar-refractivity contribution in [2.45, 2.75) is 25.9 Å². The number of fused-ring (bicyclic) bond motifs is 1. The van der Waals surface area contributed by atoms with Gasteiger partial charge in [-0.1, -0.05) is 6.08 Å². The van der Waals surface area contributed by atoms with Crippen molar-refractivity contribution < 1.29 is 0 Å². The summed E-state index contributed by atoms with van der Waals surface area (Å²) in [5.74, 6) is 0. The monoisotopic (exact) mass is 285 g/mol. The summed E-state index contributed by atoms with van der Waals surface area (Å²) in [5.41, 5.74) is 4.79. The standard InChI is InChI=1S/C17H23N3O/c1-12-9-13(5-8-19(12)3)15-11-20(4)17(21)14-6-7-18(2)10-16(14)15/h5,8-9,11-12H,6-7,10H2,1-4H3. The normalized spacial score (nSPS) is 22.2. The van der Waals surface area contributed by atoms with Gasteiger partial charge in [-0.05, 0) is 43.8 Å². The van der Waals surface area contributed by atoms with Gasteiger partial charge >= 0.3 is 0 Å². The van der Waals surface area contributed by atoms with E-state index in [2.05, 4.69) is 49.2 Å². The predicted molar refractivity (Wildman–Crippen MR) is 86.1 cm³/mol. The molecule has 0 amide bonds. The molecule has 0 fully saturated rings. The minimum atomic E-state index is 0.160. The lowest BCUT2D eigenvalue weighted by Gasteiger charge is -2.30. The second-order valence-corrected chi connectivity index (χ2v) is 6.25. The second kappa shape index (κ2) is 5.19. The molecule has 1 aromatic rings. The third-order valence-electron chi connectivity index (χ3n) is 4.63. The van der Waals surface area contributed by atoms with Crippen molar-refractivity contribution in [1.29, 1.82) is 0 Å². The van der Waals surface area contributed by atoms with E-state index in [1.54, 1.807) is 4.57 Å². The first-order chi connectivity index (χ1) is 9.97. The van der Waals surface area contributed by atoms with Gasteiger partial charge in [0, 0.05) is 50.6 Å². The van der Waals surface area contributed by atoms with Crippen LogP contribution in [-0.2, 0) is 20.0 Å². The Bertz CT molecular complexity index is 684. The van der Waals surface area contributed by atoms with E-state index in [0.29, 0.717) is 6.04 Å². The Morgan fingerprint density at radius 2 is 1.95 bits per heavy atom. The van der Waals surface area contributed by atoms with Crippen LogP contribution in [0.15, 0.2) is 29.3 Å². The van der Waals surface area contributed by atoms with E-state index < -0.39 is 0 Å². The molecule has 1 unspecified atom stereocenters. The fourth-order valence-corrected chi connectivity index (χ4v) is 3.12. The summed E-state index contributed by atoms with van der Waals surface area (Å²) in [6, 6.07) is 0.374. The Balaban J connectivity index is 2.16. The highest BCUT2D eigenvalue weighted by Gasteiger charge is 2.22. The quantitative estimate of drug-likeness (QED) is 0.785. The molecule has 0 saturated carbocycles. The molecule has 0 saturated heterocycles. The molecule has 0 aliphatic carbocycles. The van der Waals surface area contributed by atoms with E-state index in [4.69, 9.17) is 0 Å². The van der Waals surface area contributed by atoms with Crippen LogP contribution in [0.2, 0.25) is 0 Å². The molecule has 0 radical (unpaired) electrons. The Morgan fingerprint density at radius 1 is 1.19 bits per heavy atom. The van der Waals surface area contributed by atoms with Gasteiger partial charge < -0.3 is 14.4 Å². The molecule has 2 aliphatic rings. The van der Waals surface area contributed by atoms with Crippen molar-refractivity contribution in [2.75, 3.05) is 20.6 Å². The lowest BCUT2D eigenvalue weighted by molar-refractivity contribution is 0.310. The fourth-order valence-electron chi connectivity index (χ4n) is 3.12. The van der Waals surface area contributed by atoms with Crippen LogP contribution >= 0.6 is 0 Å². The number of nitrogens with zero attached hydrogens (tertiary/aromatic N) is 3. The van der Waals surface area contributed by atoms with Crippen LogP contribution in [0.25, 0.3) is 5.57 Å². The van der Waals surface area contributed by atoms with Crippen molar-refractivity contribution in [2.24, 2.45) is 7.05 Å². The van der Waals surface area contributed by atoms with Gasteiger partial charge in [-0.25, -0.2) is 0 Å². The number of allylic oxidation sites excluding steroid dienone is 2. The molecule has 2 aliphatic heterocycles. The molecule has 4 nitrogen and oxygen atoms in total. The Kier molecular flexibility index (Phi) is 3.49. The summed E-state index contributed by atoms with van der Waals surface area (Å²) < 4.78 is 1.73. The molecular formula is C17H23N3O. The predicted octanol–water partition coefficient (Wildman–Crippen LogP) is 1.60. The van der Waals surface area contributed by atoms with Crippen LogP contribution in [0.1, 0.15) is 23.6 Å². The SMILES string of the molecule is CC1C=C(c2cn(C)c(=O)c3c2CN(C)CC3)C=CN1C.